The molecule has 222 valence electrons. The number of hydrogen-bond donors (Lipinski definition) is 2. The fourth-order valence-corrected chi connectivity index (χ4v) is 4.67. The van der Waals surface area contributed by atoms with Crippen molar-refractivity contribution in [3.05, 3.63) is 34.9 Å². The second-order valence-corrected chi connectivity index (χ2v) is 12.8. The lowest BCUT2D eigenvalue weighted by Crippen LogP contribution is -2.56. The molecule has 0 fully saturated rings. The maximum atomic E-state index is 14.5. The molecule has 3 unspecified atom stereocenters. The highest BCUT2D eigenvalue weighted by atomic mass is 16.6. The maximum absolute atomic E-state index is 14.5. The third-order valence-corrected chi connectivity index (χ3v) is 6.66. The van der Waals surface area contributed by atoms with Crippen LogP contribution in [0.4, 0.5) is 4.79 Å². The summed E-state index contributed by atoms with van der Waals surface area (Å²) in [5.74, 6) is 0.135. The monoisotopic (exact) mass is 545 g/mol. The van der Waals surface area contributed by atoms with Crippen molar-refractivity contribution in [1.29, 1.82) is 0 Å². The van der Waals surface area contributed by atoms with Crippen molar-refractivity contribution in [2.45, 2.75) is 132 Å². The fraction of sp³-hybridized carbons (Fsp3) is 0.719. The first-order chi connectivity index (χ1) is 18.1. The number of hydrogen-bond acceptors (Lipinski definition) is 4. The van der Waals surface area contributed by atoms with E-state index in [-0.39, 0.29) is 23.8 Å². The van der Waals surface area contributed by atoms with Crippen LogP contribution in [0.1, 0.15) is 117 Å². The molecule has 0 aromatic heterocycles. The third kappa shape index (κ3) is 12.0. The number of carbonyl (C=O) groups is 3. The SMILES string of the molecule is CCCCNC(=O)C(c1ccc(C)cc1C)N(C(=O)C(CC(C)C)NC(=O)OC(C)(C)C)C(C)CCC(C)C. The molecule has 3 amide bonds. The molecule has 1 rings (SSSR count). The second kappa shape index (κ2) is 15.9. The summed E-state index contributed by atoms with van der Waals surface area (Å²) < 4.78 is 5.51. The number of rotatable bonds is 14. The van der Waals surface area contributed by atoms with Gasteiger partial charge in [0.15, 0.2) is 0 Å². The van der Waals surface area contributed by atoms with E-state index in [4.69, 9.17) is 4.74 Å². The van der Waals surface area contributed by atoms with Gasteiger partial charge in [-0.3, -0.25) is 9.59 Å². The van der Waals surface area contributed by atoms with Gasteiger partial charge >= 0.3 is 6.09 Å². The Morgan fingerprint density at radius 1 is 0.974 bits per heavy atom. The van der Waals surface area contributed by atoms with Crippen LogP contribution in [0.3, 0.4) is 0 Å². The molecular weight excluding hydrogens is 490 g/mol. The number of nitrogens with one attached hydrogen (secondary N) is 2. The van der Waals surface area contributed by atoms with Crippen molar-refractivity contribution in [2.75, 3.05) is 6.54 Å². The summed E-state index contributed by atoms with van der Waals surface area (Å²) in [5, 5.41) is 5.93. The van der Waals surface area contributed by atoms with Crippen molar-refractivity contribution in [3.63, 3.8) is 0 Å². The van der Waals surface area contributed by atoms with Crippen LogP contribution in [0, 0.1) is 25.7 Å². The van der Waals surface area contributed by atoms with Gasteiger partial charge in [-0.15, -0.1) is 0 Å². The number of alkyl carbamates (subject to hydrolysis) is 1. The van der Waals surface area contributed by atoms with Gasteiger partial charge in [0.05, 0.1) is 0 Å². The van der Waals surface area contributed by atoms with Crippen molar-refractivity contribution in [1.82, 2.24) is 15.5 Å². The molecule has 3 atom stereocenters. The van der Waals surface area contributed by atoms with E-state index in [0.29, 0.717) is 18.9 Å². The van der Waals surface area contributed by atoms with Crippen LogP contribution in [-0.2, 0) is 14.3 Å². The van der Waals surface area contributed by atoms with Gasteiger partial charge in [-0.2, -0.15) is 0 Å². The van der Waals surface area contributed by atoms with E-state index >= 15 is 0 Å². The lowest BCUT2D eigenvalue weighted by Gasteiger charge is -2.39. The van der Waals surface area contributed by atoms with E-state index in [1.165, 1.54) is 0 Å². The molecule has 0 saturated heterocycles. The Hall–Kier alpha value is -2.57. The first-order valence-electron chi connectivity index (χ1n) is 14.7. The molecule has 1 aromatic rings. The molecule has 1 aromatic carbocycles. The largest absolute Gasteiger partial charge is 0.444 e. The van der Waals surface area contributed by atoms with Gasteiger partial charge in [-0.05, 0) is 90.2 Å². The molecule has 2 N–H and O–H groups in total. The first-order valence-corrected chi connectivity index (χ1v) is 14.7. The molecule has 0 spiro atoms. The summed E-state index contributed by atoms with van der Waals surface area (Å²) in [5.41, 5.74) is 2.16. The molecule has 0 radical (unpaired) electrons. The molecule has 0 aliphatic heterocycles. The molecule has 0 aliphatic carbocycles. The quantitative estimate of drug-likeness (QED) is 0.250. The minimum Gasteiger partial charge on any atom is -0.444 e. The Labute approximate surface area is 237 Å². The summed E-state index contributed by atoms with van der Waals surface area (Å²) in [6.07, 6.45) is 3.27. The smallest absolute Gasteiger partial charge is 0.408 e. The molecule has 7 heteroatoms. The molecule has 0 aliphatic rings. The highest BCUT2D eigenvalue weighted by Gasteiger charge is 2.39. The van der Waals surface area contributed by atoms with Gasteiger partial charge in [0, 0.05) is 12.6 Å². The predicted molar refractivity (Wildman–Crippen MR) is 160 cm³/mol. The minimum absolute atomic E-state index is 0.139. The lowest BCUT2D eigenvalue weighted by molar-refractivity contribution is -0.145. The van der Waals surface area contributed by atoms with E-state index in [9.17, 15) is 14.4 Å². The van der Waals surface area contributed by atoms with Gasteiger partial charge in [-0.1, -0.05) is 64.8 Å². The van der Waals surface area contributed by atoms with Crippen molar-refractivity contribution in [3.8, 4) is 0 Å². The fourth-order valence-electron chi connectivity index (χ4n) is 4.67. The molecule has 0 heterocycles. The molecular formula is C32H55N3O4. The van der Waals surface area contributed by atoms with Crippen LogP contribution in [0.5, 0.6) is 0 Å². The molecule has 0 bridgehead atoms. The Kier molecular flexibility index (Phi) is 14.0. The second-order valence-electron chi connectivity index (χ2n) is 12.8. The van der Waals surface area contributed by atoms with E-state index in [0.717, 1.165) is 42.4 Å². The average Bonchev–Trinajstić information content (AvgIpc) is 2.79. The summed E-state index contributed by atoms with van der Waals surface area (Å²) in [6, 6.07) is 4.14. The van der Waals surface area contributed by atoms with E-state index in [2.05, 4.69) is 31.4 Å². The van der Waals surface area contributed by atoms with Crippen LogP contribution < -0.4 is 10.6 Å². The average molecular weight is 546 g/mol. The van der Waals surface area contributed by atoms with Gasteiger partial charge in [-0.25, -0.2) is 4.79 Å². The number of aryl methyl sites for hydroxylation is 2. The van der Waals surface area contributed by atoms with Crippen LogP contribution in [0.15, 0.2) is 18.2 Å². The third-order valence-electron chi connectivity index (χ3n) is 6.66. The van der Waals surface area contributed by atoms with E-state index < -0.39 is 23.8 Å². The Morgan fingerprint density at radius 3 is 2.13 bits per heavy atom. The van der Waals surface area contributed by atoms with Gasteiger partial charge in [0.1, 0.15) is 17.7 Å². The number of carbonyl (C=O) groups excluding carboxylic acids is 3. The minimum atomic E-state index is -0.821. The van der Waals surface area contributed by atoms with Crippen molar-refractivity contribution in [2.24, 2.45) is 11.8 Å². The van der Waals surface area contributed by atoms with Crippen molar-refractivity contribution >= 4 is 17.9 Å². The zero-order chi connectivity index (χ0) is 29.9. The first kappa shape index (κ1) is 34.5. The summed E-state index contributed by atoms with van der Waals surface area (Å²) in [6.45, 7) is 22.4. The Bertz CT molecular complexity index is 936. The zero-order valence-electron chi connectivity index (χ0n) is 26.4. The maximum Gasteiger partial charge on any atom is 0.408 e. The molecule has 0 saturated carbocycles. The summed E-state index contributed by atoms with van der Waals surface area (Å²) in [7, 11) is 0. The van der Waals surface area contributed by atoms with Crippen LogP contribution in [0.2, 0.25) is 0 Å². The number of nitrogens with zero attached hydrogens (tertiary/aromatic N) is 1. The molecule has 39 heavy (non-hydrogen) atoms. The number of ether oxygens (including phenoxy) is 1. The van der Waals surface area contributed by atoms with Crippen molar-refractivity contribution < 1.29 is 19.1 Å². The zero-order valence-corrected chi connectivity index (χ0v) is 26.4. The van der Waals surface area contributed by atoms with E-state index in [1.54, 1.807) is 25.7 Å². The van der Waals surface area contributed by atoms with Gasteiger partial charge < -0.3 is 20.3 Å². The summed E-state index contributed by atoms with van der Waals surface area (Å²) >= 11 is 0. The summed E-state index contributed by atoms with van der Waals surface area (Å²) in [4.78, 5) is 42.9. The van der Waals surface area contributed by atoms with Crippen LogP contribution in [-0.4, -0.2) is 47.0 Å². The number of amides is 3. The topological polar surface area (TPSA) is 87.7 Å². The van der Waals surface area contributed by atoms with Gasteiger partial charge in [0.25, 0.3) is 0 Å². The number of benzene rings is 1. The highest BCUT2D eigenvalue weighted by molar-refractivity contribution is 5.92. The Balaban J connectivity index is 3.65. The lowest BCUT2D eigenvalue weighted by atomic mass is 9.92. The highest BCUT2D eigenvalue weighted by Crippen LogP contribution is 2.30. The van der Waals surface area contributed by atoms with E-state index in [1.807, 2.05) is 52.8 Å². The van der Waals surface area contributed by atoms with Crippen LogP contribution in [0.25, 0.3) is 0 Å². The van der Waals surface area contributed by atoms with Crippen LogP contribution >= 0.6 is 0 Å². The van der Waals surface area contributed by atoms with Gasteiger partial charge in [0.2, 0.25) is 11.8 Å². The number of unbranched alkanes of at least 4 members (excludes halogenated alkanes) is 1. The molecule has 7 nitrogen and oxygen atoms in total. The Morgan fingerprint density at radius 2 is 1.62 bits per heavy atom. The standard InChI is InChI=1S/C32H55N3O4/c1-12-13-18-33-29(36)28(26-17-15-23(6)20-24(26)7)35(25(8)16-14-21(2)3)30(37)27(19-22(4)5)34-31(38)39-32(9,10)11/h15,17,20-22,25,27-28H,12-14,16,18-19H2,1-11H3,(H,33,36)(H,34,38). The predicted octanol–water partition coefficient (Wildman–Crippen LogP) is 6.85. The normalized spacial score (nSPS) is 14.1.